The Morgan fingerprint density at radius 2 is 1.84 bits per heavy atom. The number of fused-ring (bicyclic) bond motifs is 1. The Bertz CT molecular complexity index is 611. The third-order valence-electron chi connectivity index (χ3n) is 2.95. The summed E-state index contributed by atoms with van der Waals surface area (Å²) in [4.78, 5) is 4.09. The highest BCUT2D eigenvalue weighted by molar-refractivity contribution is 5.83. The van der Waals surface area contributed by atoms with Gasteiger partial charge in [-0.15, -0.1) is 0 Å². The molecule has 0 atom stereocenters. The van der Waals surface area contributed by atoms with Crippen molar-refractivity contribution in [3.8, 4) is 0 Å². The third-order valence-corrected chi connectivity index (χ3v) is 2.95. The topological polar surface area (TPSA) is 24.9 Å². The van der Waals surface area contributed by atoms with E-state index in [1.165, 1.54) is 6.07 Å². The van der Waals surface area contributed by atoms with Crippen LogP contribution in [-0.2, 0) is 6.42 Å². The molecule has 1 heterocycles. The summed E-state index contributed by atoms with van der Waals surface area (Å²) in [5.41, 5.74) is 0.597. The van der Waals surface area contributed by atoms with Gasteiger partial charge in [-0.3, -0.25) is 0 Å². The zero-order valence-corrected chi connectivity index (χ0v) is 10.9. The van der Waals surface area contributed by atoms with Gasteiger partial charge in [-0.25, -0.2) is 18.2 Å². The number of anilines is 1. The van der Waals surface area contributed by atoms with E-state index in [1.807, 2.05) is 13.8 Å². The molecule has 2 rings (SSSR count). The van der Waals surface area contributed by atoms with Crippen LogP contribution in [-0.4, -0.2) is 11.5 Å². The number of rotatable bonds is 4. The van der Waals surface area contributed by atoms with Gasteiger partial charge in [0.2, 0.25) is 0 Å². The molecule has 1 N–H and O–H groups in total. The van der Waals surface area contributed by atoms with Crippen LogP contribution in [0.2, 0.25) is 0 Å². The second-order valence-electron chi connectivity index (χ2n) is 4.33. The lowest BCUT2D eigenvalue weighted by Crippen LogP contribution is -2.06. The van der Waals surface area contributed by atoms with Gasteiger partial charge < -0.3 is 5.32 Å². The number of hydrogen-bond donors (Lipinski definition) is 1. The number of hydrogen-bond acceptors (Lipinski definition) is 2. The fourth-order valence-electron chi connectivity index (χ4n) is 1.94. The van der Waals surface area contributed by atoms with Crippen molar-refractivity contribution in [2.24, 2.45) is 0 Å². The predicted molar refractivity (Wildman–Crippen MR) is 69.8 cm³/mol. The van der Waals surface area contributed by atoms with E-state index in [2.05, 4.69) is 10.3 Å². The average molecular weight is 268 g/mol. The Kier molecular flexibility index (Phi) is 3.93. The highest BCUT2D eigenvalue weighted by Gasteiger charge is 2.16. The number of nitrogens with one attached hydrogen (secondary N) is 1. The molecule has 0 amide bonds. The molecule has 0 bridgehead atoms. The van der Waals surface area contributed by atoms with Crippen molar-refractivity contribution in [1.29, 1.82) is 0 Å². The van der Waals surface area contributed by atoms with Crippen molar-refractivity contribution >= 4 is 16.7 Å². The molecule has 0 saturated heterocycles. The minimum Gasteiger partial charge on any atom is -0.370 e. The van der Waals surface area contributed by atoms with Gasteiger partial charge in [0.1, 0.15) is 11.3 Å². The number of aromatic nitrogens is 1. The zero-order chi connectivity index (χ0) is 14.0. The standard InChI is InChI=1S/C14H15F3N2/c1-3-5-18-14-8(4-2)6-9-12(17)10(15)7-11(16)13(9)19-14/h6-7H,3-5H2,1-2H3,(H,18,19). The minimum absolute atomic E-state index is 0.114. The molecular formula is C14H15F3N2. The summed E-state index contributed by atoms with van der Waals surface area (Å²) < 4.78 is 40.5. The Morgan fingerprint density at radius 3 is 2.47 bits per heavy atom. The van der Waals surface area contributed by atoms with Crippen LogP contribution in [0.15, 0.2) is 12.1 Å². The Hall–Kier alpha value is -1.78. The van der Waals surface area contributed by atoms with Gasteiger partial charge in [0.25, 0.3) is 0 Å². The van der Waals surface area contributed by atoms with Gasteiger partial charge in [0.05, 0.1) is 0 Å². The highest BCUT2D eigenvalue weighted by Crippen LogP contribution is 2.27. The third kappa shape index (κ3) is 2.50. The van der Waals surface area contributed by atoms with Crippen molar-refractivity contribution in [2.45, 2.75) is 26.7 Å². The van der Waals surface area contributed by atoms with Gasteiger partial charge in [-0.05, 0) is 24.5 Å². The first-order chi connectivity index (χ1) is 9.08. The molecule has 0 aliphatic rings. The van der Waals surface area contributed by atoms with Crippen molar-refractivity contribution in [3.05, 3.63) is 35.1 Å². The summed E-state index contributed by atoms with van der Waals surface area (Å²) in [7, 11) is 0. The summed E-state index contributed by atoms with van der Waals surface area (Å²) in [6, 6.07) is 1.99. The second-order valence-corrected chi connectivity index (χ2v) is 4.33. The minimum atomic E-state index is -1.19. The Labute approximate surface area is 109 Å². The first-order valence-electron chi connectivity index (χ1n) is 6.29. The average Bonchev–Trinajstić information content (AvgIpc) is 2.41. The molecule has 102 valence electrons. The van der Waals surface area contributed by atoms with Gasteiger partial charge in [-0.1, -0.05) is 13.8 Å². The highest BCUT2D eigenvalue weighted by atomic mass is 19.2. The van der Waals surface area contributed by atoms with Crippen LogP contribution >= 0.6 is 0 Å². The van der Waals surface area contributed by atoms with Crippen molar-refractivity contribution in [1.82, 2.24) is 4.98 Å². The molecule has 19 heavy (non-hydrogen) atoms. The fourth-order valence-corrected chi connectivity index (χ4v) is 1.94. The lowest BCUT2D eigenvalue weighted by Gasteiger charge is -2.12. The smallest absolute Gasteiger partial charge is 0.168 e. The maximum Gasteiger partial charge on any atom is 0.168 e. The number of pyridine rings is 1. The van der Waals surface area contributed by atoms with Crippen LogP contribution < -0.4 is 5.32 Å². The molecule has 0 unspecified atom stereocenters. The van der Waals surface area contributed by atoms with Crippen LogP contribution in [0.5, 0.6) is 0 Å². The Morgan fingerprint density at radius 1 is 1.11 bits per heavy atom. The number of halogens is 3. The number of benzene rings is 1. The molecular weight excluding hydrogens is 253 g/mol. The van der Waals surface area contributed by atoms with E-state index in [9.17, 15) is 13.2 Å². The summed E-state index contributed by atoms with van der Waals surface area (Å²) in [5, 5.41) is 2.96. The normalized spacial score (nSPS) is 11.0. The van der Waals surface area contributed by atoms with E-state index in [0.717, 1.165) is 12.0 Å². The maximum atomic E-state index is 13.7. The quantitative estimate of drug-likeness (QED) is 0.847. The monoisotopic (exact) mass is 268 g/mol. The molecule has 0 aliphatic carbocycles. The fraction of sp³-hybridized carbons (Fsp3) is 0.357. The molecule has 5 heteroatoms. The van der Waals surface area contributed by atoms with Gasteiger partial charge in [0.15, 0.2) is 17.5 Å². The summed E-state index contributed by atoms with van der Waals surface area (Å²) >= 11 is 0. The molecule has 2 nitrogen and oxygen atoms in total. The lowest BCUT2D eigenvalue weighted by molar-refractivity contribution is 0.505. The SMILES string of the molecule is CCCNc1nc2c(F)cc(F)c(F)c2cc1CC. The van der Waals surface area contributed by atoms with Crippen LogP contribution in [0.1, 0.15) is 25.8 Å². The Balaban J connectivity index is 2.66. The molecule has 0 fully saturated rings. The van der Waals surface area contributed by atoms with Gasteiger partial charge in [-0.2, -0.15) is 0 Å². The van der Waals surface area contributed by atoms with E-state index in [1.54, 1.807) is 0 Å². The molecule has 2 aromatic rings. The lowest BCUT2D eigenvalue weighted by atomic mass is 10.1. The van der Waals surface area contributed by atoms with Gasteiger partial charge in [0, 0.05) is 18.0 Å². The van der Waals surface area contributed by atoms with Crippen LogP contribution in [0, 0.1) is 17.5 Å². The molecule has 0 saturated carbocycles. The van der Waals surface area contributed by atoms with Crippen LogP contribution in [0.25, 0.3) is 10.9 Å². The van der Waals surface area contributed by atoms with E-state index in [-0.39, 0.29) is 10.9 Å². The summed E-state index contributed by atoms with van der Waals surface area (Å²) in [5.74, 6) is -2.57. The second kappa shape index (κ2) is 5.47. The summed E-state index contributed by atoms with van der Waals surface area (Å²) in [6.45, 7) is 4.57. The zero-order valence-electron chi connectivity index (χ0n) is 10.9. The van der Waals surface area contributed by atoms with Crippen molar-refractivity contribution in [3.63, 3.8) is 0 Å². The van der Waals surface area contributed by atoms with Crippen molar-refractivity contribution in [2.75, 3.05) is 11.9 Å². The molecule has 1 aromatic heterocycles. The van der Waals surface area contributed by atoms with E-state index < -0.39 is 17.5 Å². The van der Waals surface area contributed by atoms with Crippen molar-refractivity contribution < 1.29 is 13.2 Å². The maximum absolute atomic E-state index is 13.7. The predicted octanol–water partition coefficient (Wildman–Crippen LogP) is 4.04. The van der Waals surface area contributed by atoms with Crippen LogP contribution in [0.4, 0.5) is 19.0 Å². The molecule has 1 aromatic carbocycles. The van der Waals surface area contributed by atoms with Gasteiger partial charge >= 0.3 is 0 Å². The first-order valence-corrected chi connectivity index (χ1v) is 6.29. The van der Waals surface area contributed by atoms with E-state index in [0.29, 0.717) is 24.8 Å². The largest absolute Gasteiger partial charge is 0.370 e. The first kappa shape index (κ1) is 13.6. The number of aryl methyl sites for hydroxylation is 1. The number of nitrogens with zero attached hydrogens (tertiary/aromatic N) is 1. The molecule has 0 aliphatic heterocycles. The van der Waals surface area contributed by atoms with Crippen LogP contribution in [0.3, 0.4) is 0 Å². The molecule has 0 radical (unpaired) electrons. The summed E-state index contributed by atoms with van der Waals surface area (Å²) in [6.07, 6.45) is 1.50. The van der Waals surface area contributed by atoms with E-state index in [4.69, 9.17) is 0 Å². The molecule has 0 spiro atoms. The van der Waals surface area contributed by atoms with E-state index >= 15 is 0 Å².